The molecule has 35 heavy (non-hydrogen) atoms. The maximum Gasteiger partial charge on any atom is 0.258 e. The Labute approximate surface area is 212 Å². The Bertz CT molecular complexity index is 1510. The molecule has 1 saturated heterocycles. The minimum absolute atomic E-state index is 0.176. The number of hydrogen-bond donors (Lipinski definition) is 2. The summed E-state index contributed by atoms with van der Waals surface area (Å²) >= 11 is 7.76. The zero-order chi connectivity index (χ0) is 24.1. The van der Waals surface area contributed by atoms with E-state index in [1.54, 1.807) is 6.07 Å². The summed E-state index contributed by atoms with van der Waals surface area (Å²) in [6.07, 6.45) is 5.70. The number of pyridine rings is 2. The quantitative estimate of drug-likeness (QED) is 0.376. The van der Waals surface area contributed by atoms with Crippen LogP contribution < -0.4 is 16.1 Å². The number of thiazole rings is 1. The van der Waals surface area contributed by atoms with E-state index >= 15 is 0 Å². The van der Waals surface area contributed by atoms with Crippen LogP contribution in [-0.4, -0.2) is 52.9 Å². The number of nitrogens with zero attached hydrogens (tertiary/aromatic N) is 3. The van der Waals surface area contributed by atoms with Gasteiger partial charge in [0.2, 0.25) is 5.43 Å². The van der Waals surface area contributed by atoms with Crippen LogP contribution in [0.15, 0.2) is 35.1 Å². The van der Waals surface area contributed by atoms with Crippen molar-refractivity contribution in [3.8, 4) is 0 Å². The van der Waals surface area contributed by atoms with E-state index in [-0.39, 0.29) is 16.9 Å². The number of carbonyl (C=O) groups excluding carboxylic acids is 1. The average Bonchev–Trinajstić information content (AvgIpc) is 3.48. The molecule has 6 rings (SSSR count). The SMILES string of the molecule is CN1CCCC1CCNC(=O)c1c(=O)c2ccc(NCC3CC3)nc2n2c1sc1ccc(Cl)cc12. The fourth-order valence-electron chi connectivity index (χ4n) is 5.07. The van der Waals surface area contributed by atoms with Crippen molar-refractivity contribution in [2.24, 2.45) is 5.92 Å². The van der Waals surface area contributed by atoms with Gasteiger partial charge in [-0.1, -0.05) is 11.6 Å². The number of amides is 1. The molecule has 0 bridgehead atoms. The van der Waals surface area contributed by atoms with Crippen LogP contribution in [0.1, 0.15) is 42.5 Å². The maximum absolute atomic E-state index is 13.6. The molecule has 2 N–H and O–H groups in total. The zero-order valence-electron chi connectivity index (χ0n) is 19.6. The number of rotatable bonds is 7. The first-order chi connectivity index (χ1) is 17.0. The van der Waals surface area contributed by atoms with Crippen LogP contribution in [0.5, 0.6) is 0 Å². The fourth-order valence-corrected chi connectivity index (χ4v) is 6.40. The van der Waals surface area contributed by atoms with Crippen LogP contribution in [0, 0.1) is 5.92 Å². The molecule has 1 amide bonds. The van der Waals surface area contributed by atoms with Crippen LogP contribution in [0.4, 0.5) is 5.82 Å². The topological polar surface area (TPSA) is 78.7 Å². The molecule has 4 aromatic rings. The van der Waals surface area contributed by atoms with Gasteiger partial charge in [0.25, 0.3) is 5.91 Å². The van der Waals surface area contributed by atoms with Crippen LogP contribution in [0.3, 0.4) is 0 Å². The molecule has 1 aromatic carbocycles. The number of aromatic nitrogens is 2. The summed E-state index contributed by atoms with van der Waals surface area (Å²) in [5.74, 6) is 1.10. The molecular formula is C26H28ClN5O2S. The van der Waals surface area contributed by atoms with Gasteiger partial charge < -0.3 is 15.5 Å². The van der Waals surface area contributed by atoms with Crippen molar-refractivity contribution in [1.29, 1.82) is 0 Å². The summed E-state index contributed by atoms with van der Waals surface area (Å²) in [6.45, 7) is 2.51. The molecular weight excluding hydrogens is 482 g/mol. The molecule has 1 aliphatic heterocycles. The number of fused-ring (bicyclic) bond motifs is 5. The lowest BCUT2D eigenvalue weighted by Crippen LogP contribution is -2.34. The summed E-state index contributed by atoms with van der Waals surface area (Å²) in [4.78, 5) is 34.8. The van der Waals surface area contributed by atoms with Crippen molar-refractivity contribution in [1.82, 2.24) is 19.6 Å². The predicted molar refractivity (Wildman–Crippen MR) is 143 cm³/mol. The number of halogens is 1. The number of hydrogen-bond acceptors (Lipinski definition) is 6. The summed E-state index contributed by atoms with van der Waals surface area (Å²) in [7, 11) is 2.13. The highest BCUT2D eigenvalue weighted by Crippen LogP contribution is 2.33. The molecule has 0 radical (unpaired) electrons. The molecule has 9 heteroatoms. The van der Waals surface area contributed by atoms with E-state index in [2.05, 4.69) is 22.6 Å². The summed E-state index contributed by atoms with van der Waals surface area (Å²) in [6, 6.07) is 9.72. The van der Waals surface area contributed by atoms with E-state index in [1.807, 2.05) is 28.7 Å². The third-order valence-electron chi connectivity index (χ3n) is 7.27. The molecule has 1 unspecified atom stereocenters. The van der Waals surface area contributed by atoms with E-state index in [1.165, 1.54) is 30.6 Å². The van der Waals surface area contributed by atoms with Crippen molar-refractivity contribution in [3.05, 3.63) is 51.1 Å². The first-order valence-corrected chi connectivity index (χ1v) is 13.5. The van der Waals surface area contributed by atoms with E-state index < -0.39 is 0 Å². The third-order valence-corrected chi connectivity index (χ3v) is 8.65. The molecule has 1 atom stereocenters. The van der Waals surface area contributed by atoms with Gasteiger partial charge in [-0.3, -0.25) is 14.0 Å². The van der Waals surface area contributed by atoms with Gasteiger partial charge in [-0.2, -0.15) is 0 Å². The van der Waals surface area contributed by atoms with Gasteiger partial charge in [-0.25, -0.2) is 4.98 Å². The Morgan fingerprint density at radius 3 is 2.86 bits per heavy atom. The van der Waals surface area contributed by atoms with Gasteiger partial charge in [0.1, 0.15) is 16.2 Å². The normalized spacial score (nSPS) is 18.6. The number of benzene rings is 1. The highest BCUT2D eigenvalue weighted by molar-refractivity contribution is 7.24. The first kappa shape index (κ1) is 22.8. The lowest BCUT2D eigenvalue weighted by atomic mass is 10.1. The van der Waals surface area contributed by atoms with Gasteiger partial charge in [-0.05, 0) is 81.9 Å². The molecule has 4 heterocycles. The van der Waals surface area contributed by atoms with Crippen molar-refractivity contribution >= 4 is 60.7 Å². The molecule has 2 aliphatic rings. The van der Waals surface area contributed by atoms with Crippen LogP contribution in [0.25, 0.3) is 26.1 Å². The fraction of sp³-hybridized carbons (Fsp3) is 0.423. The van der Waals surface area contributed by atoms with Crippen LogP contribution in [-0.2, 0) is 0 Å². The highest BCUT2D eigenvalue weighted by Gasteiger charge is 2.25. The highest BCUT2D eigenvalue weighted by atomic mass is 35.5. The zero-order valence-corrected chi connectivity index (χ0v) is 21.2. The minimum Gasteiger partial charge on any atom is -0.370 e. The van der Waals surface area contributed by atoms with E-state index in [0.29, 0.717) is 39.4 Å². The number of anilines is 1. The Morgan fingerprint density at radius 2 is 2.09 bits per heavy atom. The lowest BCUT2D eigenvalue weighted by Gasteiger charge is -2.19. The third kappa shape index (κ3) is 4.28. The predicted octanol–water partition coefficient (Wildman–Crippen LogP) is 4.75. The van der Waals surface area contributed by atoms with Crippen LogP contribution >= 0.6 is 22.9 Å². The maximum atomic E-state index is 13.6. The second-order valence-electron chi connectivity index (χ2n) is 9.77. The Balaban J connectivity index is 1.44. The number of carbonyl (C=O) groups is 1. The van der Waals surface area contributed by atoms with E-state index in [0.717, 1.165) is 42.0 Å². The molecule has 182 valence electrons. The van der Waals surface area contributed by atoms with E-state index in [9.17, 15) is 9.59 Å². The van der Waals surface area contributed by atoms with Crippen molar-refractivity contribution in [3.63, 3.8) is 0 Å². The Morgan fingerprint density at radius 1 is 1.23 bits per heavy atom. The molecule has 1 saturated carbocycles. The lowest BCUT2D eigenvalue weighted by molar-refractivity contribution is 0.0951. The summed E-state index contributed by atoms with van der Waals surface area (Å²) in [5.41, 5.74) is 1.28. The molecule has 2 fully saturated rings. The summed E-state index contributed by atoms with van der Waals surface area (Å²) < 4.78 is 2.87. The van der Waals surface area contributed by atoms with Crippen LogP contribution in [0.2, 0.25) is 5.02 Å². The standard InChI is InChI=1S/C26H28ClN5O2S/c1-31-12-2-3-17(31)10-11-28-25(34)22-23(33)18-7-9-21(29-14-15-4-5-15)30-24(18)32-19-13-16(27)6-8-20(19)35-26(22)32/h6-9,13,15,17H,2-5,10-12,14H2,1H3,(H,28,34)(H,29,30). The van der Waals surface area contributed by atoms with Crippen molar-refractivity contribution < 1.29 is 4.79 Å². The summed E-state index contributed by atoms with van der Waals surface area (Å²) in [5, 5.41) is 7.44. The van der Waals surface area contributed by atoms with Gasteiger partial charge in [0, 0.05) is 24.2 Å². The second kappa shape index (κ2) is 9.08. The second-order valence-corrected chi connectivity index (χ2v) is 11.2. The minimum atomic E-state index is -0.330. The Kier molecular flexibility index (Phi) is 5.90. The average molecular weight is 510 g/mol. The molecule has 1 aliphatic carbocycles. The van der Waals surface area contributed by atoms with Gasteiger partial charge >= 0.3 is 0 Å². The number of nitrogens with one attached hydrogen (secondary N) is 2. The first-order valence-electron chi connectivity index (χ1n) is 12.3. The van der Waals surface area contributed by atoms with E-state index in [4.69, 9.17) is 16.6 Å². The van der Waals surface area contributed by atoms with Gasteiger partial charge in [-0.15, -0.1) is 11.3 Å². The number of likely N-dealkylation sites (tertiary alicyclic amines) is 1. The Hall–Kier alpha value is -2.68. The largest absolute Gasteiger partial charge is 0.370 e. The van der Waals surface area contributed by atoms with Gasteiger partial charge in [0.15, 0.2) is 5.65 Å². The molecule has 0 spiro atoms. The van der Waals surface area contributed by atoms with Crippen molar-refractivity contribution in [2.45, 2.75) is 38.1 Å². The van der Waals surface area contributed by atoms with Crippen molar-refractivity contribution in [2.75, 3.05) is 32.0 Å². The smallest absolute Gasteiger partial charge is 0.258 e. The van der Waals surface area contributed by atoms with Gasteiger partial charge in [0.05, 0.1) is 15.6 Å². The molecule has 3 aromatic heterocycles. The monoisotopic (exact) mass is 509 g/mol. The molecule has 7 nitrogen and oxygen atoms in total.